The average molecular weight is 327 g/mol. The molecular weight excluding hydrogens is 305 g/mol. The summed E-state index contributed by atoms with van der Waals surface area (Å²) >= 11 is 0. The van der Waals surface area contributed by atoms with Gasteiger partial charge in [0.15, 0.2) is 0 Å². The van der Waals surface area contributed by atoms with E-state index < -0.39 is 0 Å². The van der Waals surface area contributed by atoms with E-state index >= 15 is 0 Å². The molecule has 0 spiro atoms. The van der Waals surface area contributed by atoms with Crippen molar-refractivity contribution < 1.29 is 9.18 Å². The van der Waals surface area contributed by atoms with Crippen molar-refractivity contribution in [1.29, 1.82) is 0 Å². The molecule has 0 bridgehead atoms. The standard InChI is InChI=1S/C19H22FN3O/c1-13-18(12-21-23(13)17-8-6-14(20)7-9-17)19(24)22(16-10-11-16)15-4-2-3-5-15/h6-9,12,15-16H,2-5,10-11H2,1H3. The van der Waals surface area contributed by atoms with Crippen LogP contribution in [-0.4, -0.2) is 32.7 Å². The van der Waals surface area contributed by atoms with Crippen molar-refractivity contribution in [3.8, 4) is 5.69 Å². The number of amides is 1. The SMILES string of the molecule is Cc1c(C(=O)N(C2CCCC2)C2CC2)cnn1-c1ccc(F)cc1. The van der Waals surface area contributed by atoms with Gasteiger partial charge in [-0.2, -0.15) is 5.10 Å². The summed E-state index contributed by atoms with van der Waals surface area (Å²) in [7, 11) is 0. The average Bonchev–Trinajstić information content (AvgIpc) is 3.11. The van der Waals surface area contributed by atoms with Gasteiger partial charge in [0.25, 0.3) is 5.91 Å². The molecule has 1 heterocycles. The molecule has 0 aliphatic heterocycles. The van der Waals surface area contributed by atoms with E-state index in [1.807, 2.05) is 6.92 Å². The second-order valence-corrected chi connectivity index (χ2v) is 6.91. The molecule has 1 aromatic heterocycles. The number of hydrogen-bond donors (Lipinski definition) is 0. The number of rotatable bonds is 4. The predicted molar refractivity (Wildman–Crippen MR) is 89.7 cm³/mol. The van der Waals surface area contributed by atoms with Crippen molar-refractivity contribution in [2.24, 2.45) is 0 Å². The van der Waals surface area contributed by atoms with Gasteiger partial charge < -0.3 is 4.90 Å². The van der Waals surface area contributed by atoms with Crippen LogP contribution in [0.1, 0.15) is 54.6 Å². The van der Waals surface area contributed by atoms with Gasteiger partial charge in [0, 0.05) is 12.1 Å². The molecule has 126 valence electrons. The number of carbonyl (C=O) groups is 1. The summed E-state index contributed by atoms with van der Waals surface area (Å²) in [5, 5.41) is 4.37. The fourth-order valence-corrected chi connectivity index (χ4v) is 3.77. The minimum absolute atomic E-state index is 0.107. The highest BCUT2D eigenvalue weighted by Gasteiger charge is 2.39. The Morgan fingerprint density at radius 1 is 1.12 bits per heavy atom. The van der Waals surface area contributed by atoms with Crippen LogP contribution in [0.5, 0.6) is 0 Å². The lowest BCUT2D eigenvalue weighted by atomic mass is 10.1. The summed E-state index contributed by atoms with van der Waals surface area (Å²) in [6.07, 6.45) is 8.57. The Morgan fingerprint density at radius 2 is 1.75 bits per heavy atom. The first-order valence-electron chi connectivity index (χ1n) is 8.78. The van der Waals surface area contributed by atoms with Crippen LogP contribution in [-0.2, 0) is 0 Å². The molecule has 4 nitrogen and oxygen atoms in total. The van der Waals surface area contributed by atoms with Gasteiger partial charge in [-0.3, -0.25) is 4.79 Å². The topological polar surface area (TPSA) is 38.1 Å². The molecule has 2 aliphatic carbocycles. The lowest BCUT2D eigenvalue weighted by Crippen LogP contribution is -2.40. The third kappa shape index (κ3) is 2.72. The maximum atomic E-state index is 13.1. The smallest absolute Gasteiger partial charge is 0.257 e. The predicted octanol–water partition coefficient (Wildman–Crippen LogP) is 3.87. The van der Waals surface area contributed by atoms with E-state index in [1.54, 1.807) is 23.0 Å². The highest BCUT2D eigenvalue weighted by molar-refractivity contribution is 5.95. The van der Waals surface area contributed by atoms with Gasteiger partial charge in [-0.1, -0.05) is 12.8 Å². The van der Waals surface area contributed by atoms with E-state index in [1.165, 1.54) is 25.0 Å². The van der Waals surface area contributed by atoms with E-state index in [4.69, 9.17) is 0 Å². The summed E-state index contributed by atoms with van der Waals surface area (Å²) < 4.78 is 14.8. The normalized spacial score (nSPS) is 18.1. The zero-order valence-electron chi connectivity index (χ0n) is 13.9. The zero-order valence-corrected chi connectivity index (χ0v) is 13.9. The first kappa shape index (κ1) is 15.4. The minimum atomic E-state index is -0.277. The lowest BCUT2D eigenvalue weighted by molar-refractivity contribution is 0.0663. The van der Waals surface area contributed by atoms with Crippen LogP contribution in [0.3, 0.4) is 0 Å². The number of benzene rings is 1. The summed E-state index contributed by atoms with van der Waals surface area (Å²) in [5.41, 5.74) is 2.25. The molecule has 0 saturated heterocycles. The molecule has 5 heteroatoms. The molecule has 0 atom stereocenters. The van der Waals surface area contributed by atoms with Gasteiger partial charge in [-0.25, -0.2) is 9.07 Å². The Bertz CT molecular complexity index is 742. The van der Waals surface area contributed by atoms with Crippen molar-refractivity contribution in [1.82, 2.24) is 14.7 Å². The fraction of sp³-hybridized carbons (Fsp3) is 0.474. The third-order valence-electron chi connectivity index (χ3n) is 5.20. The molecule has 0 N–H and O–H groups in total. The Morgan fingerprint density at radius 3 is 2.38 bits per heavy atom. The van der Waals surface area contributed by atoms with E-state index in [-0.39, 0.29) is 11.7 Å². The lowest BCUT2D eigenvalue weighted by Gasteiger charge is -2.29. The molecule has 2 aromatic rings. The number of halogens is 1. The van der Waals surface area contributed by atoms with Gasteiger partial charge in [0.2, 0.25) is 0 Å². The van der Waals surface area contributed by atoms with Crippen molar-refractivity contribution in [2.75, 3.05) is 0 Å². The summed E-state index contributed by atoms with van der Waals surface area (Å²) in [4.78, 5) is 15.3. The molecule has 2 fully saturated rings. The summed E-state index contributed by atoms with van der Waals surface area (Å²) in [6, 6.07) is 6.98. The van der Waals surface area contributed by atoms with Crippen LogP contribution < -0.4 is 0 Å². The molecule has 4 rings (SSSR count). The van der Waals surface area contributed by atoms with Gasteiger partial charge >= 0.3 is 0 Å². The third-order valence-corrected chi connectivity index (χ3v) is 5.20. The number of nitrogens with zero attached hydrogens (tertiary/aromatic N) is 3. The first-order chi connectivity index (χ1) is 11.6. The van der Waals surface area contributed by atoms with Crippen molar-refractivity contribution >= 4 is 5.91 Å². The number of aromatic nitrogens is 2. The van der Waals surface area contributed by atoms with Crippen molar-refractivity contribution in [3.05, 3.63) is 47.5 Å². The zero-order chi connectivity index (χ0) is 16.7. The summed E-state index contributed by atoms with van der Waals surface area (Å²) in [5.74, 6) is -0.170. The molecule has 1 aromatic carbocycles. The highest BCUT2D eigenvalue weighted by Crippen LogP contribution is 2.36. The second-order valence-electron chi connectivity index (χ2n) is 6.91. The van der Waals surface area contributed by atoms with E-state index in [0.29, 0.717) is 17.6 Å². The molecule has 1 amide bonds. The van der Waals surface area contributed by atoms with Crippen LogP contribution in [0.2, 0.25) is 0 Å². The molecular formula is C19H22FN3O. The maximum Gasteiger partial charge on any atom is 0.257 e. The van der Waals surface area contributed by atoms with Crippen LogP contribution >= 0.6 is 0 Å². The van der Waals surface area contributed by atoms with E-state index in [0.717, 1.165) is 37.1 Å². The van der Waals surface area contributed by atoms with E-state index in [9.17, 15) is 9.18 Å². The quantitative estimate of drug-likeness (QED) is 0.855. The van der Waals surface area contributed by atoms with Crippen molar-refractivity contribution in [2.45, 2.75) is 57.5 Å². The Kier molecular flexibility index (Phi) is 3.87. The second kappa shape index (κ2) is 6.04. The van der Waals surface area contributed by atoms with Crippen molar-refractivity contribution in [3.63, 3.8) is 0 Å². The Balaban J connectivity index is 1.63. The van der Waals surface area contributed by atoms with Gasteiger partial charge in [-0.05, 0) is 56.9 Å². The van der Waals surface area contributed by atoms with Gasteiger partial charge in [0.1, 0.15) is 5.82 Å². The van der Waals surface area contributed by atoms with Gasteiger partial charge in [0.05, 0.1) is 23.1 Å². The minimum Gasteiger partial charge on any atom is -0.333 e. The Hall–Kier alpha value is -2.17. The fourth-order valence-electron chi connectivity index (χ4n) is 3.77. The van der Waals surface area contributed by atoms with Crippen LogP contribution in [0, 0.1) is 12.7 Å². The van der Waals surface area contributed by atoms with Crippen LogP contribution in [0.15, 0.2) is 30.5 Å². The highest BCUT2D eigenvalue weighted by atomic mass is 19.1. The Labute approximate surface area is 141 Å². The largest absolute Gasteiger partial charge is 0.333 e. The maximum absolute atomic E-state index is 13.1. The van der Waals surface area contributed by atoms with Crippen LogP contribution in [0.25, 0.3) is 5.69 Å². The first-order valence-corrected chi connectivity index (χ1v) is 8.78. The summed E-state index contributed by atoms with van der Waals surface area (Å²) in [6.45, 7) is 1.91. The number of carbonyl (C=O) groups excluding carboxylic acids is 1. The molecule has 2 saturated carbocycles. The van der Waals surface area contributed by atoms with Crippen LogP contribution in [0.4, 0.5) is 4.39 Å². The van der Waals surface area contributed by atoms with Gasteiger partial charge in [-0.15, -0.1) is 0 Å². The molecule has 2 aliphatic rings. The number of hydrogen-bond acceptors (Lipinski definition) is 2. The van der Waals surface area contributed by atoms with E-state index in [2.05, 4.69) is 10.00 Å². The molecule has 0 radical (unpaired) electrons. The molecule has 24 heavy (non-hydrogen) atoms. The monoisotopic (exact) mass is 327 g/mol. The molecule has 0 unspecified atom stereocenters.